The first-order valence-electron chi connectivity index (χ1n) is 5.03. The van der Waals surface area contributed by atoms with Crippen LogP contribution in [0.2, 0.25) is 0 Å². The van der Waals surface area contributed by atoms with Crippen molar-refractivity contribution in [1.29, 1.82) is 0 Å². The van der Waals surface area contributed by atoms with Crippen LogP contribution in [0.25, 0.3) is 0 Å². The van der Waals surface area contributed by atoms with Gasteiger partial charge in [0.15, 0.2) is 0 Å². The molecule has 70 valence electrons. The molecule has 3 heteroatoms. The molecule has 2 saturated heterocycles. The van der Waals surface area contributed by atoms with Crippen molar-refractivity contribution >= 4 is 0 Å². The number of rotatable bonds is 2. The fourth-order valence-electron chi connectivity index (χ4n) is 2.32. The van der Waals surface area contributed by atoms with Crippen molar-refractivity contribution < 1.29 is 0 Å². The van der Waals surface area contributed by atoms with E-state index in [-0.39, 0.29) is 0 Å². The highest BCUT2D eigenvalue weighted by atomic mass is 15.3. The van der Waals surface area contributed by atoms with Crippen LogP contribution in [0.3, 0.4) is 0 Å². The summed E-state index contributed by atoms with van der Waals surface area (Å²) in [5.41, 5.74) is 6.18. The van der Waals surface area contributed by atoms with Gasteiger partial charge in [-0.25, -0.2) is 0 Å². The Bertz CT molecular complexity index is 148. The lowest BCUT2D eigenvalue weighted by Gasteiger charge is -2.50. The van der Waals surface area contributed by atoms with Crippen LogP contribution in [-0.2, 0) is 0 Å². The molecule has 12 heavy (non-hydrogen) atoms. The second-order valence-electron chi connectivity index (χ2n) is 4.05. The van der Waals surface area contributed by atoms with Gasteiger partial charge in [-0.3, -0.25) is 4.90 Å². The molecule has 0 radical (unpaired) electrons. The SMILES string of the molecule is NCC1(N2CCC2)CCCNC1. The Morgan fingerprint density at radius 3 is 2.58 bits per heavy atom. The lowest BCUT2D eigenvalue weighted by molar-refractivity contribution is 0.0169. The van der Waals surface area contributed by atoms with Crippen LogP contribution >= 0.6 is 0 Å². The van der Waals surface area contributed by atoms with Crippen molar-refractivity contribution in [2.45, 2.75) is 24.8 Å². The molecule has 0 aromatic heterocycles. The molecular formula is C9H19N3. The van der Waals surface area contributed by atoms with E-state index < -0.39 is 0 Å². The highest BCUT2D eigenvalue weighted by Gasteiger charge is 2.39. The fourth-order valence-corrected chi connectivity index (χ4v) is 2.32. The molecular weight excluding hydrogens is 150 g/mol. The van der Waals surface area contributed by atoms with Gasteiger partial charge in [-0.1, -0.05) is 0 Å². The van der Waals surface area contributed by atoms with E-state index in [9.17, 15) is 0 Å². The maximum atomic E-state index is 5.87. The summed E-state index contributed by atoms with van der Waals surface area (Å²) in [6, 6.07) is 0. The van der Waals surface area contributed by atoms with Gasteiger partial charge in [0.1, 0.15) is 0 Å². The molecule has 0 aromatic rings. The molecule has 0 aliphatic carbocycles. The molecule has 2 fully saturated rings. The smallest absolute Gasteiger partial charge is 0.0456 e. The van der Waals surface area contributed by atoms with E-state index in [1.165, 1.54) is 38.9 Å². The van der Waals surface area contributed by atoms with Gasteiger partial charge in [-0.05, 0) is 25.8 Å². The fraction of sp³-hybridized carbons (Fsp3) is 1.00. The predicted molar refractivity (Wildman–Crippen MR) is 50.1 cm³/mol. The second-order valence-corrected chi connectivity index (χ2v) is 4.05. The summed E-state index contributed by atoms with van der Waals surface area (Å²) in [6.45, 7) is 5.62. The van der Waals surface area contributed by atoms with Gasteiger partial charge in [0.05, 0.1) is 0 Å². The highest BCUT2D eigenvalue weighted by molar-refractivity contribution is 4.99. The van der Waals surface area contributed by atoms with Crippen molar-refractivity contribution in [2.24, 2.45) is 5.73 Å². The van der Waals surface area contributed by atoms with Gasteiger partial charge in [0.2, 0.25) is 0 Å². The third-order valence-electron chi connectivity index (χ3n) is 3.36. The van der Waals surface area contributed by atoms with Crippen molar-refractivity contribution in [3.05, 3.63) is 0 Å². The Morgan fingerprint density at radius 2 is 2.17 bits per heavy atom. The van der Waals surface area contributed by atoms with Gasteiger partial charge in [0.25, 0.3) is 0 Å². The van der Waals surface area contributed by atoms with Gasteiger partial charge in [-0.15, -0.1) is 0 Å². The van der Waals surface area contributed by atoms with Crippen LogP contribution in [0.4, 0.5) is 0 Å². The molecule has 0 bridgehead atoms. The number of nitrogens with one attached hydrogen (secondary N) is 1. The lowest BCUT2D eigenvalue weighted by Crippen LogP contribution is -2.65. The molecule has 3 N–H and O–H groups in total. The largest absolute Gasteiger partial charge is 0.329 e. The van der Waals surface area contributed by atoms with Crippen LogP contribution in [0.5, 0.6) is 0 Å². The van der Waals surface area contributed by atoms with Crippen molar-refractivity contribution in [1.82, 2.24) is 10.2 Å². The minimum Gasteiger partial charge on any atom is -0.329 e. The topological polar surface area (TPSA) is 41.3 Å². The van der Waals surface area contributed by atoms with Gasteiger partial charge < -0.3 is 11.1 Å². The van der Waals surface area contributed by atoms with Crippen molar-refractivity contribution in [3.8, 4) is 0 Å². The maximum Gasteiger partial charge on any atom is 0.0456 e. The normalized spacial score (nSPS) is 37.8. The molecule has 1 unspecified atom stereocenters. The van der Waals surface area contributed by atoms with Crippen LogP contribution in [-0.4, -0.2) is 43.2 Å². The minimum atomic E-state index is 0.316. The van der Waals surface area contributed by atoms with Gasteiger partial charge >= 0.3 is 0 Å². The van der Waals surface area contributed by atoms with E-state index in [4.69, 9.17) is 5.73 Å². The Balaban J connectivity index is 2.00. The van der Waals surface area contributed by atoms with Crippen molar-refractivity contribution in [3.63, 3.8) is 0 Å². The molecule has 2 rings (SSSR count). The first kappa shape index (κ1) is 8.48. The van der Waals surface area contributed by atoms with Crippen LogP contribution in [0.1, 0.15) is 19.3 Å². The molecule has 2 aliphatic rings. The highest BCUT2D eigenvalue weighted by Crippen LogP contribution is 2.27. The van der Waals surface area contributed by atoms with E-state index in [2.05, 4.69) is 10.2 Å². The third-order valence-corrected chi connectivity index (χ3v) is 3.36. The van der Waals surface area contributed by atoms with E-state index in [1.807, 2.05) is 0 Å². The zero-order valence-corrected chi connectivity index (χ0v) is 7.68. The summed E-state index contributed by atoms with van der Waals surface area (Å²) in [5, 5.41) is 3.45. The molecule has 0 amide bonds. The third kappa shape index (κ3) is 1.26. The maximum absolute atomic E-state index is 5.87. The summed E-state index contributed by atoms with van der Waals surface area (Å²) < 4.78 is 0. The van der Waals surface area contributed by atoms with Crippen molar-refractivity contribution in [2.75, 3.05) is 32.7 Å². The molecule has 0 spiro atoms. The van der Waals surface area contributed by atoms with Crippen LogP contribution in [0, 0.1) is 0 Å². The molecule has 3 nitrogen and oxygen atoms in total. The van der Waals surface area contributed by atoms with Crippen LogP contribution in [0.15, 0.2) is 0 Å². The molecule has 0 aromatic carbocycles. The predicted octanol–water partition coefficient (Wildman–Crippen LogP) is -0.227. The number of piperidine rings is 1. The average Bonchev–Trinajstić information content (AvgIpc) is 2.03. The number of hydrogen-bond acceptors (Lipinski definition) is 3. The minimum absolute atomic E-state index is 0.316. The quantitative estimate of drug-likeness (QED) is 0.600. The summed E-state index contributed by atoms with van der Waals surface area (Å²) >= 11 is 0. The van der Waals surface area contributed by atoms with E-state index in [1.54, 1.807) is 0 Å². The summed E-state index contributed by atoms with van der Waals surface area (Å²) in [7, 11) is 0. The Labute approximate surface area is 74.3 Å². The number of hydrogen-bond donors (Lipinski definition) is 2. The average molecular weight is 169 g/mol. The van der Waals surface area contributed by atoms with Gasteiger partial charge in [-0.2, -0.15) is 0 Å². The zero-order chi connectivity index (χ0) is 8.44. The Morgan fingerprint density at radius 1 is 1.33 bits per heavy atom. The summed E-state index contributed by atoms with van der Waals surface area (Å²) in [4.78, 5) is 2.55. The first-order chi connectivity index (χ1) is 5.87. The molecule has 0 saturated carbocycles. The molecule has 2 heterocycles. The number of likely N-dealkylation sites (tertiary alicyclic amines) is 1. The van der Waals surface area contributed by atoms with Gasteiger partial charge in [0, 0.05) is 31.7 Å². The number of nitrogens with zero attached hydrogens (tertiary/aromatic N) is 1. The molecule has 1 atom stereocenters. The van der Waals surface area contributed by atoms with E-state index in [0.717, 1.165) is 13.1 Å². The van der Waals surface area contributed by atoms with E-state index >= 15 is 0 Å². The summed E-state index contributed by atoms with van der Waals surface area (Å²) in [5.74, 6) is 0. The van der Waals surface area contributed by atoms with Crippen LogP contribution < -0.4 is 11.1 Å². The Hall–Kier alpha value is -0.120. The zero-order valence-electron chi connectivity index (χ0n) is 7.68. The Kier molecular flexibility index (Phi) is 2.35. The number of nitrogens with two attached hydrogens (primary N) is 1. The molecule has 2 aliphatic heterocycles. The first-order valence-corrected chi connectivity index (χ1v) is 5.03. The lowest BCUT2D eigenvalue weighted by atomic mass is 9.86. The second kappa shape index (κ2) is 3.32. The summed E-state index contributed by atoms with van der Waals surface area (Å²) in [6.07, 6.45) is 3.94. The standard InChI is InChI=1S/C9H19N3/c10-7-9(12-5-2-6-12)3-1-4-11-8-9/h11H,1-8,10H2. The van der Waals surface area contributed by atoms with E-state index in [0.29, 0.717) is 5.54 Å². The monoisotopic (exact) mass is 169 g/mol.